The van der Waals surface area contributed by atoms with E-state index in [1.807, 2.05) is 6.92 Å². The Hall–Kier alpha value is -1.10. The number of carbonyl (C=O) groups is 2. The average molecular weight is 411 g/mol. The summed E-state index contributed by atoms with van der Waals surface area (Å²) in [6.45, 7) is 16.6. The van der Waals surface area contributed by atoms with Crippen molar-refractivity contribution in [3.63, 3.8) is 0 Å². The second kappa shape index (κ2) is 12.6. The van der Waals surface area contributed by atoms with E-state index in [-0.39, 0.29) is 23.9 Å². The van der Waals surface area contributed by atoms with E-state index >= 15 is 0 Å². The van der Waals surface area contributed by atoms with Crippen molar-refractivity contribution >= 4 is 11.9 Å². The molecule has 0 spiro atoms. The van der Waals surface area contributed by atoms with Crippen LogP contribution in [-0.4, -0.2) is 54.6 Å². The summed E-state index contributed by atoms with van der Waals surface area (Å²) in [6, 6.07) is -0.120. The molecule has 170 valence electrons. The predicted octanol–water partition coefficient (Wildman–Crippen LogP) is 5.87. The number of ether oxygens (including phenoxy) is 1. The van der Waals surface area contributed by atoms with Crippen LogP contribution >= 0.6 is 0 Å². The van der Waals surface area contributed by atoms with Crippen molar-refractivity contribution in [2.45, 2.75) is 99.3 Å². The summed E-state index contributed by atoms with van der Waals surface area (Å²) in [4.78, 5) is 27.1. The van der Waals surface area contributed by atoms with Crippen molar-refractivity contribution in [1.82, 2.24) is 9.80 Å². The Morgan fingerprint density at radius 3 is 1.90 bits per heavy atom. The molecule has 29 heavy (non-hydrogen) atoms. The Labute approximate surface area is 179 Å². The maximum atomic E-state index is 12.1. The van der Waals surface area contributed by atoms with Crippen LogP contribution < -0.4 is 0 Å². The van der Waals surface area contributed by atoms with Gasteiger partial charge in [-0.05, 0) is 56.3 Å². The lowest BCUT2D eigenvalue weighted by Gasteiger charge is -2.25. The largest absolute Gasteiger partial charge is 0.381 e. The van der Waals surface area contributed by atoms with Crippen LogP contribution in [-0.2, 0) is 9.53 Å². The number of carbonyl (C=O) groups excluding carboxylic acids is 2. The molecule has 0 bridgehead atoms. The lowest BCUT2D eigenvalue weighted by molar-refractivity contribution is -0.125. The fourth-order valence-electron chi connectivity index (χ4n) is 3.80. The number of hydrogen-bond acceptors (Lipinski definition) is 3. The minimum atomic E-state index is -0.120. The molecule has 3 amide bonds. The molecule has 0 aromatic rings. The van der Waals surface area contributed by atoms with Crippen molar-refractivity contribution < 1.29 is 14.3 Å². The first-order chi connectivity index (χ1) is 13.6. The third kappa shape index (κ3) is 9.97. The van der Waals surface area contributed by atoms with Gasteiger partial charge in [0.15, 0.2) is 0 Å². The SMILES string of the molecule is CCN1CC(=O)N(CCCC(C)(C)CCCCOCCCCC(C)(C)CC)C1=O. The fourth-order valence-corrected chi connectivity index (χ4v) is 3.80. The number of imide groups is 1. The molecule has 0 aromatic heterocycles. The molecule has 0 aromatic carbocycles. The molecular formula is C24H46N2O3. The average Bonchev–Trinajstić information content (AvgIpc) is 2.94. The summed E-state index contributed by atoms with van der Waals surface area (Å²) in [7, 11) is 0. The van der Waals surface area contributed by atoms with E-state index in [1.54, 1.807) is 4.90 Å². The van der Waals surface area contributed by atoms with Crippen LogP contribution in [0.1, 0.15) is 99.3 Å². The molecule has 0 N–H and O–H groups in total. The van der Waals surface area contributed by atoms with E-state index < -0.39 is 0 Å². The number of amides is 3. The van der Waals surface area contributed by atoms with Gasteiger partial charge in [-0.15, -0.1) is 0 Å². The third-order valence-corrected chi connectivity index (χ3v) is 6.49. The lowest BCUT2D eigenvalue weighted by Crippen LogP contribution is -2.34. The van der Waals surface area contributed by atoms with E-state index in [2.05, 4.69) is 34.6 Å². The van der Waals surface area contributed by atoms with Crippen molar-refractivity contribution in [3.05, 3.63) is 0 Å². The van der Waals surface area contributed by atoms with Crippen LogP contribution in [0, 0.1) is 10.8 Å². The lowest BCUT2D eigenvalue weighted by atomic mass is 9.82. The Morgan fingerprint density at radius 1 is 0.828 bits per heavy atom. The van der Waals surface area contributed by atoms with Crippen LogP contribution in [0.5, 0.6) is 0 Å². The van der Waals surface area contributed by atoms with Gasteiger partial charge in [0.1, 0.15) is 6.54 Å². The highest BCUT2D eigenvalue weighted by Crippen LogP contribution is 2.29. The molecule has 0 unspecified atom stereocenters. The Morgan fingerprint density at radius 2 is 1.38 bits per heavy atom. The number of urea groups is 1. The van der Waals surface area contributed by atoms with Crippen LogP contribution in [0.15, 0.2) is 0 Å². The van der Waals surface area contributed by atoms with E-state index in [0.29, 0.717) is 18.5 Å². The minimum Gasteiger partial charge on any atom is -0.381 e. The van der Waals surface area contributed by atoms with Gasteiger partial charge in [-0.25, -0.2) is 4.79 Å². The second-order valence-electron chi connectivity index (χ2n) is 10.2. The van der Waals surface area contributed by atoms with E-state index in [0.717, 1.165) is 38.9 Å². The smallest absolute Gasteiger partial charge is 0.327 e. The van der Waals surface area contributed by atoms with E-state index in [4.69, 9.17) is 4.74 Å². The molecule has 1 rings (SSSR count). The molecule has 1 fully saturated rings. The summed E-state index contributed by atoms with van der Waals surface area (Å²) in [6.07, 6.45) is 10.3. The van der Waals surface area contributed by atoms with Gasteiger partial charge in [0.2, 0.25) is 5.91 Å². The van der Waals surface area contributed by atoms with Gasteiger partial charge in [0, 0.05) is 26.3 Å². The predicted molar refractivity (Wildman–Crippen MR) is 120 cm³/mol. The molecule has 5 heteroatoms. The minimum absolute atomic E-state index is 0.0509. The topological polar surface area (TPSA) is 49.9 Å². The summed E-state index contributed by atoms with van der Waals surface area (Å²) >= 11 is 0. The highest BCUT2D eigenvalue weighted by Gasteiger charge is 2.34. The van der Waals surface area contributed by atoms with Gasteiger partial charge in [0.05, 0.1) is 0 Å². The third-order valence-electron chi connectivity index (χ3n) is 6.49. The number of unbranched alkanes of at least 4 members (excludes halogenated alkanes) is 2. The summed E-state index contributed by atoms with van der Waals surface area (Å²) in [5.41, 5.74) is 0.707. The Balaban J connectivity index is 2.06. The maximum Gasteiger partial charge on any atom is 0.327 e. The van der Waals surface area contributed by atoms with Crippen LogP contribution in [0.3, 0.4) is 0 Å². The van der Waals surface area contributed by atoms with E-state index in [9.17, 15) is 9.59 Å². The monoisotopic (exact) mass is 410 g/mol. The van der Waals surface area contributed by atoms with Crippen LogP contribution in [0.2, 0.25) is 0 Å². The standard InChI is InChI=1S/C24H46N2O3/c1-7-23(3,4)14-9-11-18-29-19-12-10-15-24(5,6)16-13-17-26-21(27)20-25(8-2)22(26)28/h7-20H2,1-6H3. The molecule has 1 aliphatic rings. The summed E-state index contributed by atoms with van der Waals surface area (Å²) in [5.74, 6) is -0.0509. The van der Waals surface area contributed by atoms with Crippen molar-refractivity contribution in [2.75, 3.05) is 32.8 Å². The summed E-state index contributed by atoms with van der Waals surface area (Å²) < 4.78 is 5.80. The summed E-state index contributed by atoms with van der Waals surface area (Å²) in [5, 5.41) is 0. The Bertz CT molecular complexity index is 502. The van der Waals surface area contributed by atoms with Gasteiger partial charge in [-0.2, -0.15) is 0 Å². The van der Waals surface area contributed by atoms with Gasteiger partial charge in [0.25, 0.3) is 0 Å². The van der Waals surface area contributed by atoms with Crippen molar-refractivity contribution in [3.8, 4) is 0 Å². The maximum absolute atomic E-state index is 12.1. The zero-order valence-electron chi connectivity index (χ0n) is 20.0. The zero-order valence-corrected chi connectivity index (χ0v) is 20.0. The first kappa shape index (κ1) is 25.9. The molecule has 0 aliphatic carbocycles. The number of hydrogen-bond donors (Lipinski definition) is 0. The van der Waals surface area contributed by atoms with Crippen LogP contribution in [0.25, 0.3) is 0 Å². The molecule has 1 saturated heterocycles. The highest BCUT2D eigenvalue weighted by molar-refractivity contribution is 6.01. The zero-order chi connectivity index (χ0) is 21.9. The molecule has 0 radical (unpaired) electrons. The molecule has 1 heterocycles. The number of nitrogens with zero attached hydrogens (tertiary/aromatic N) is 2. The highest BCUT2D eigenvalue weighted by atomic mass is 16.5. The van der Waals surface area contributed by atoms with Crippen molar-refractivity contribution in [1.29, 1.82) is 0 Å². The quantitative estimate of drug-likeness (QED) is 0.236. The van der Waals surface area contributed by atoms with Crippen LogP contribution in [0.4, 0.5) is 4.79 Å². The molecule has 0 atom stereocenters. The van der Waals surface area contributed by atoms with E-state index in [1.165, 1.54) is 37.0 Å². The molecule has 1 aliphatic heterocycles. The van der Waals surface area contributed by atoms with Gasteiger partial charge in [-0.3, -0.25) is 9.69 Å². The Kier molecular flexibility index (Phi) is 11.2. The number of likely N-dealkylation sites (N-methyl/N-ethyl adjacent to an activating group) is 1. The molecule has 5 nitrogen and oxygen atoms in total. The first-order valence-corrected chi connectivity index (χ1v) is 11.8. The van der Waals surface area contributed by atoms with Crippen molar-refractivity contribution in [2.24, 2.45) is 10.8 Å². The van der Waals surface area contributed by atoms with Gasteiger partial charge >= 0.3 is 6.03 Å². The fraction of sp³-hybridized carbons (Fsp3) is 0.917. The molecular weight excluding hydrogens is 364 g/mol. The van der Waals surface area contributed by atoms with Gasteiger partial charge < -0.3 is 9.64 Å². The second-order valence-corrected chi connectivity index (χ2v) is 10.2. The van der Waals surface area contributed by atoms with Gasteiger partial charge in [-0.1, -0.05) is 53.9 Å². The normalized spacial score (nSPS) is 15.7. The first-order valence-electron chi connectivity index (χ1n) is 11.8. The number of rotatable bonds is 16. The molecule has 0 saturated carbocycles.